The van der Waals surface area contributed by atoms with Gasteiger partial charge in [0, 0.05) is 22.2 Å². The summed E-state index contributed by atoms with van der Waals surface area (Å²) in [5.74, 6) is 0. The number of hydrogen-bond donors (Lipinski definition) is 1. The maximum atomic E-state index is 3.74. The number of anilines is 1. The molecular weight excluding hydrogens is 250 g/mol. The van der Waals surface area contributed by atoms with Gasteiger partial charge in [-0.05, 0) is 30.4 Å². The Morgan fingerprint density at radius 1 is 1.00 bits per heavy atom. The molecule has 0 saturated carbocycles. The topological polar surface area (TPSA) is 12.0 Å². The van der Waals surface area contributed by atoms with Crippen molar-refractivity contribution in [2.24, 2.45) is 0 Å². The number of hydrogen-bond acceptors (Lipinski definition) is 2. The highest BCUT2D eigenvalue weighted by Crippen LogP contribution is 2.32. The van der Waals surface area contributed by atoms with Crippen LogP contribution in [-0.4, -0.2) is 6.04 Å². The zero-order chi connectivity index (χ0) is 13.5. The van der Waals surface area contributed by atoms with Crippen molar-refractivity contribution in [3.05, 3.63) is 41.8 Å². The average Bonchev–Trinajstić information content (AvgIpc) is 2.94. The fraction of sp³-hybridized carbons (Fsp3) is 0.412. The van der Waals surface area contributed by atoms with E-state index < -0.39 is 0 Å². The second-order valence-electron chi connectivity index (χ2n) is 4.94. The maximum Gasteiger partial charge on any atom is 0.0430 e. The van der Waals surface area contributed by atoms with Gasteiger partial charge < -0.3 is 5.32 Å². The first-order chi connectivity index (χ1) is 9.35. The molecule has 0 spiro atoms. The zero-order valence-corrected chi connectivity index (χ0v) is 12.7. The van der Waals surface area contributed by atoms with Crippen LogP contribution in [0.25, 0.3) is 10.4 Å². The van der Waals surface area contributed by atoms with Crippen molar-refractivity contribution in [1.29, 1.82) is 0 Å². The van der Waals surface area contributed by atoms with E-state index >= 15 is 0 Å². The predicted octanol–water partition coefficient (Wildman–Crippen LogP) is 5.80. The first-order valence-electron chi connectivity index (χ1n) is 7.24. The second kappa shape index (κ2) is 7.34. The molecule has 1 nitrogen and oxygen atoms in total. The summed E-state index contributed by atoms with van der Waals surface area (Å²) in [6.45, 7) is 4.52. The highest BCUT2D eigenvalue weighted by Gasteiger charge is 2.10. The highest BCUT2D eigenvalue weighted by atomic mass is 32.1. The van der Waals surface area contributed by atoms with Crippen molar-refractivity contribution in [2.75, 3.05) is 5.32 Å². The fourth-order valence-corrected chi connectivity index (χ4v) is 3.23. The molecule has 1 heterocycles. The van der Waals surface area contributed by atoms with Gasteiger partial charge in [-0.25, -0.2) is 0 Å². The number of rotatable bonds is 7. The van der Waals surface area contributed by atoms with E-state index in [-0.39, 0.29) is 0 Å². The molecule has 0 amide bonds. The van der Waals surface area contributed by atoms with Crippen LogP contribution in [0.2, 0.25) is 0 Å². The van der Waals surface area contributed by atoms with Gasteiger partial charge in [0.1, 0.15) is 0 Å². The summed E-state index contributed by atoms with van der Waals surface area (Å²) < 4.78 is 0. The molecule has 1 aromatic carbocycles. The molecule has 0 saturated heterocycles. The minimum absolute atomic E-state index is 0.594. The van der Waals surface area contributed by atoms with Crippen LogP contribution in [0.5, 0.6) is 0 Å². The van der Waals surface area contributed by atoms with Crippen LogP contribution in [-0.2, 0) is 0 Å². The Bertz CT molecular complexity index is 470. The van der Waals surface area contributed by atoms with Crippen molar-refractivity contribution < 1.29 is 0 Å². The Morgan fingerprint density at radius 3 is 2.37 bits per heavy atom. The third kappa shape index (κ3) is 3.84. The van der Waals surface area contributed by atoms with Gasteiger partial charge in [-0.15, -0.1) is 11.3 Å². The van der Waals surface area contributed by atoms with Gasteiger partial charge in [-0.3, -0.25) is 0 Å². The Kier molecular flexibility index (Phi) is 5.46. The molecule has 0 bridgehead atoms. The number of nitrogens with one attached hydrogen (secondary N) is 1. The van der Waals surface area contributed by atoms with E-state index in [0.29, 0.717) is 6.04 Å². The first kappa shape index (κ1) is 14.1. The third-order valence-electron chi connectivity index (χ3n) is 3.35. The molecule has 1 aromatic heterocycles. The minimum atomic E-state index is 0.594. The second-order valence-corrected chi connectivity index (χ2v) is 5.89. The van der Waals surface area contributed by atoms with E-state index in [9.17, 15) is 0 Å². The molecule has 0 unspecified atom stereocenters. The molecule has 2 heteroatoms. The lowest BCUT2D eigenvalue weighted by Gasteiger charge is -2.20. The fourth-order valence-electron chi connectivity index (χ4n) is 2.46. The van der Waals surface area contributed by atoms with E-state index in [1.54, 1.807) is 11.3 Å². The summed E-state index contributed by atoms with van der Waals surface area (Å²) >= 11 is 1.80. The quantitative estimate of drug-likeness (QED) is 0.672. The standard InChI is InChI=1S/C17H23NS/c1-3-8-14(9-4-2)18-16-11-6-5-10-15(16)17-12-7-13-19-17/h5-7,10-14,18H,3-4,8-9H2,1-2H3. The maximum absolute atomic E-state index is 3.74. The van der Waals surface area contributed by atoms with Crippen LogP contribution in [0.4, 0.5) is 5.69 Å². The molecule has 0 aliphatic heterocycles. The minimum Gasteiger partial charge on any atom is -0.382 e. The average molecular weight is 273 g/mol. The van der Waals surface area contributed by atoms with E-state index in [4.69, 9.17) is 0 Å². The number of benzene rings is 1. The Balaban J connectivity index is 2.19. The van der Waals surface area contributed by atoms with Crippen LogP contribution in [0, 0.1) is 0 Å². The van der Waals surface area contributed by atoms with Crippen LogP contribution in [0.3, 0.4) is 0 Å². The summed E-state index contributed by atoms with van der Waals surface area (Å²) in [5.41, 5.74) is 2.60. The monoisotopic (exact) mass is 273 g/mol. The van der Waals surface area contributed by atoms with Crippen LogP contribution in [0.1, 0.15) is 39.5 Å². The molecule has 0 atom stereocenters. The highest BCUT2D eigenvalue weighted by molar-refractivity contribution is 7.13. The van der Waals surface area contributed by atoms with E-state index in [0.717, 1.165) is 0 Å². The smallest absolute Gasteiger partial charge is 0.0430 e. The van der Waals surface area contributed by atoms with Gasteiger partial charge in [-0.1, -0.05) is 51.0 Å². The van der Waals surface area contributed by atoms with Crippen molar-refractivity contribution in [1.82, 2.24) is 0 Å². The van der Waals surface area contributed by atoms with E-state index in [1.165, 1.54) is 41.8 Å². The molecule has 2 aromatic rings. The molecule has 0 fully saturated rings. The summed E-state index contributed by atoms with van der Waals surface area (Å²) in [6.07, 6.45) is 4.96. The molecule has 0 radical (unpaired) electrons. The molecule has 2 rings (SSSR count). The van der Waals surface area contributed by atoms with Crippen LogP contribution < -0.4 is 5.32 Å². The Morgan fingerprint density at radius 2 is 1.74 bits per heavy atom. The predicted molar refractivity (Wildman–Crippen MR) is 87.0 cm³/mol. The first-order valence-corrected chi connectivity index (χ1v) is 8.12. The summed E-state index contributed by atoms with van der Waals surface area (Å²) in [6, 6.07) is 13.6. The van der Waals surface area contributed by atoms with Gasteiger partial charge in [-0.2, -0.15) is 0 Å². The van der Waals surface area contributed by atoms with Crippen molar-refractivity contribution >= 4 is 17.0 Å². The van der Waals surface area contributed by atoms with Gasteiger partial charge in [0.2, 0.25) is 0 Å². The number of para-hydroxylation sites is 1. The lowest BCUT2D eigenvalue weighted by molar-refractivity contribution is 0.586. The van der Waals surface area contributed by atoms with E-state index in [2.05, 4.69) is 60.9 Å². The summed E-state index contributed by atoms with van der Waals surface area (Å²) in [4.78, 5) is 1.34. The molecule has 19 heavy (non-hydrogen) atoms. The molecule has 102 valence electrons. The molecule has 0 aliphatic carbocycles. The molecule has 0 aliphatic rings. The van der Waals surface area contributed by atoms with Crippen molar-refractivity contribution in [3.8, 4) is 10.4 Å². The van der Waals surface area contributed by atoms with Crippen molar-refractivity contribution in [3.63, 3.8) is 0 Å². The van der Waals surface area contributed by atoms with Gasteiger partial charge in [0.15, 0.2) is 0 Å². The van der Waals surface area contributed by atoms with Gasteiger partial charge in [0.25, 0.3) is 0 Å². The SMILES string of the molecule is CCCC(CCC)Nc1ccccc1-c1cccs1. The lowest BCUT2D eigenvalue weighted by atomic mass is 10.0. The third-order valence-corrected chi connectivity index (χ3v) is 4.25. The van der Waals surface area contributed by atoms with E-state index in [1.807, 2.05) is 0 Å². The zero-order valence-electron chi connectivity index (χ0n) is 11.9. The van der Waals surface area contributed by atoms with Crippen molar-refractivity contribution in [2.45, 2.75) is 45.6 Å². The van der Waals surface area contributed by atoms with Gasteiger partial charge >= 0.3 is 0 Å². The number of thiophene rings is 1. The largest absolute Gasteiger partial charge is 0.382 e. The van der Waals surface area contributed by atoms with Gasteiger partial charge in [0.05, 0.1) is 0 Å². The molecular formula is C17H23NS. The molecule has 1 N–H and O–H groups in total. The van der Waals surface area contributed by atoms with Crippen LogP contribution in [0.15, 0.2) is 41.8 Å². The normalized spacial score (nSPS) is 10.9. The van der Waals surface area contributed by atoms with Crippen LogP contribution >= 0.6 is 11.3 Å². The Labute approximate surface area is 120 Å². The lowest BCUT2D eigenvalue weighted by Crippen LogP contribution is -2.19. The summed E-state index contributed by atoms with van der Waals surface area (Å²) in [7, 11) is 0. The summed E-state index contributed by atoms with van der Waals surface area (Å²) in [5, 5.41) is 5.88. The Hall–Kier alpha value is -1.28.